The Labute approximate surface area is 186 Å². The van der Waals surface area contributed by atoms with Crippen molar-refractivity contribution in [2.45, 2.75) is 32.3 Å². The Bertz CT molecular complexity index is 1210. The molecule has 33 heavy (non-hydrogen) atoms. The van der Waals surface area contributed by atoms with Crippen LogP contribution in [0.5, 0.6) is 0 Å². The smallest absolute Gasteiger partial charge is 0.393 e. The zero-order chi connectivity index (χ0) is 24.2. The van der Waals surface area contributed by atoms with Gasteiger partial charge in [0.15, 0.2) is 6.10 Å². The number of nitrogens with zero attached hydrogens (tertiary/aromatic N) is 2. The SMILES string of the molecule is Cc1nc2ccc(NCc3cccc(C(F)(F)F)c3)cc2n(CCNC(=O)C(O)CO)c1=O. The van der Waals surface area contributed by atoms with E-state index in [2.05, 4.69) is 15.6 Å². The number of alkyl halides is 3. The highest BCUT2D eigenvalue weighted by molar-refractivity contribution is 5.81. The maximum absolute atomic E-state index is 12.9. The fourth-order valence-corrected chi connectivity index (χ4v) is 3.25. The number of amides is 1. The van der Waals surface area contributed by atoms with Crippen molar-refractivity contribution in [3.63, 3.8) is 0 Å². The molecule has 0 spiro atoms. The Balaban J connectivity index is 1.81. The summed E-state index contributed by atoms with van der Waals surface area (Å²) in [6, 6.07) is 10.0. The third-order valence-corrected chi connectivity index (χ3v) is 4.97. The van der Waals surface area contributed by atoms with Crippen LogP contribution in [0, 0.1) is 6.92 Å². The number of carbonyl (C=O) groups excluding carboxylic acids is 1. The van der Waals surface area contributed by atoms with Crippen molar-refractivity contribution in [1.29, 1.82) is 0 Å². The average molecular weight is 464 g/mol. The van der Waals surface area contributed by atoms with E-state index in [0.717, 1.165) is 12.1 Å². The summed E-state index contributed by atoms with van der Waals surface area (Å²) in [6.45, 7) is 1.08. The molecule has 1 atom stereocenters. The van der Waals surface area contributed by atoms with Gasteiger partial charge in [-0.25, -0.2) is 4.98 Å². The molecule has 1 unspecified atom stereocenters. The lowest BCUT2D eigenvalue weighted by atomic mass is 10.1. The van der Waals surface area contributed by atoms with E-state index < -0.39 is 30.4 Å². The molecule has 0 bridgehead atoms. The molecule has 1 aromatic heterocycles. The van der Waals surface area contributed by atoms with Crippen LogP contribution in [0.1, 0.15) is 16.8 Å². The summed E-state index contributed by atoms with van der Waals surface area (Å²) in [5, 5.41) is 23.6. The number of nitrogens with one attached hydrogen (secondary N) is 2. The molecule has 0 fully saturated rings. The molecule has 1 heterocycles. The van der Waals surface area contributed by atoms with Crippen molar-refractivity contribution >= 4 is 22.6 Å². The number of hydrogen-bond acceptors (Lipinski definition) is 6. The van der Waals surface area contributed by atoms with Crippen LogP contribution in [-0.4, -0.2) is 44.9 Å². The predicted molar refractivity (Wildman–Crippen MR) is 116 cm³/mol. The van der Waals surface area contributed by atoms with E-state index in [9.17, 15) is 27.9 Å². The van der Waals surface area contributed by atoms with Gasteiger partial charge in [-0.1, -0.05) is 12.1 Å². The molecular weight excluding hydrogens is 441 g/mol. The lowest BCUT2D eigenvalue weighted by Crippen LogP contribution is -2.39. The van der Waals surface area contributed by atoms with Gasteiger partial charge in [0.25, 0.3) is 11.5 Å². The Morgan fingerprint density at radius 3 is 2.67 bits per heavy atom. The van der Waals surface area contributed by atoms with Gasteiger partial charge in [-0.05, 0) is 42.8 Å². The molecule has 3 aromatic rings. The predicted octanol–water partition coefficient (Wildman–Crippen LogP) is 1.81. The van der Waals surface area contributed by atoms with E-state index in [0.29, 0.717) is 22.3 Å². The number of fused-ring (bicyclic) bond motifs is 1. The van der Waals surface area contributed by atoms with Gasteiger partial charge >= 0.3 is 6.18 Å². The fourth-order valence-electron chi connectivity index (χ4n) is 3.25. The van der Waals surface area contributed by atoms with Gasteiger partial charge in [-0.15, -0.1) is 0 Å². The summed E-state index contributed by atoms with van der Waals surface area (Å²) in [6.07, 6.45) is -5.98. The second kappa shape index (κ2) is 10.0. The molecule has 0 aliphatic carbocycles. The summed E-state index contributed by atoms with van der Waals surface area (Å²) in [5.41, 5.74) is 1.16. The van der Waals surface area contributed by atoms with Gasteiger partial charge in [0, 0.05) is 25.3 Å². The van der Waals surface area contributed by atoms with Gasteiger partial charge < -0.3 is 25.4 Å². The molecule has 0 aliphatic rings. The molecule has 0 saturated heterocycles. The number of halogens is 3. The monoisotopic (exact) mass is 464 g/mol. The number of benzene rings is 2. The number of rotatable bonds is 8. The molecule has 176 valence electrons. The van der Waals surface area contributed by atoms with Gasteiger partial charge in [-0.2, -0.15) is 13.2 Å². The first-order chi connectivity index (χ1) is 15.6. The summed E-state index contributed by atoms with van der Waals surface area (Å²) < 4.78 is 40.2. The first-order valence-electron chi connectivity index (χ1n) is 10.1. The molecule has 0 saturated carbocycles. The highest BCUT2D eigenvalue weighted by atomic mass is 19.4. The summed E-state index contributed by atoms with van der Waals surface area (Å²) in [4.78, 5) is 28.6. The standard InChI is InChI=1S/C22H23F3N4O4/c1-13-21(33)29(8-7-26-20(32)19(31)12-30)18-10-16(5-6-17(18)28-13)27-11-14-3-2-4-15(9-14)22(23,24)25/h2-6,9-10,19,27,30-31H,7-8,11-12H2,1H3,(H,26,32). The number of hydrogen-bond donors (Lipinski definition) is 4. The second-order valence-corrected chi connectivity index (χ2v) is 7.40. The largest absolute Gasteiger partial charge is 0.416 e. The van der Waals surface area contributed by atoms with Crippen LogP contribution >= 0.6 is 0 Å². The number of aliphatic hydroxyl groups is 2. The minimum absolute atomic E-state index is 0.0241. The van der Waals surface area contributed by atoms with E-state index in [1.54, 1.807) is 31.2 Å². The molecule has 11 heteroatoms. The first kappa shape index (κ1) is 24.2. The molecule has 0 aliphatic heterocycles. The topological polar surface area (TPSA) is 116 Å². The Morgan fingerprint density at radius 1 is 1.21 bits per heavy atom. The van der Waals surface area contributed by atoms with Gasteiger partial charge in [0.1, 0.15) is 5.69 Å². The zero-order valence-corrected chi connectivity index (χ0v) is 17.7. The van der Waals surface area contributed by atoms with Crippen molar-refractivity contribution in [2.75, 3.05) is 18.5 Å². The van der Waals surface area contributed by atoms with E-state index in [4.69, 9.17) is 5.11 Å². The van der Waals surface area contributed by atoms with Crippen LogP contribution in [0.2, 0.25) is 0 Å². The van der Waals surface area contributed by atoms with Crippen molar-refractivity contribution in [1.82, 2.24) is 14.9 Å². The molecule has 3 rings (SSSR count). The second-order valence-electron chi connectivity index (χ2n) is 7.40. The Morgan fingerprint density at radius 2 is 1.97 bits per heavy atom. The highest BCUT2D eigenvalue weighted by Gasteiger charge is 2.30. The molecule has 4 N–H and O–H groups in total. The first-order valence-corrected chi connectivity index (χ1v) is 10.1. The van der Waals surface area contributed by atoms with Crippen LogP contribution in [0.25, 0.3) is 11.0 Å². The third kappa shape index (κ3) is 5.88. The van der Waals surface area contributed by atoms with E-state index >= 15 is 0 Å². The summed E-state index contributed by atoms with van der Waals surface area (Å²) >= 11 is 0. The average Bonchev–Trinajstić information content (AvgIpc) is 2.79. The lowest BCUT2D eigenvalue weighted by Gasteiger charge is -2.15. The molecule has 1 amide bonds. The van der Waals surface area contributed by atoms with Crippen LogP contribution < -0.4 is 16.2 Å². The van der Waals surface area contributed by atoms with Crippen LogP contribution in [0.3, 0.4) is 0 Å². The normalized spacial score (nSPS) is 12.5. The van der Waals surface area contributed by atoms with Crippen molar-refractivity contribution in [2.24, 2.45) is 0 Å². The minimum Gasteiger partial charge on any atom is -0.393 e. The minimum atomic E-state index is -4.43. The van der Waals surface area contributed by atoms with Crippen molar-refractivity contribution in [3.8, 4) is 0 Å². The van der Waals surface area contributed by atoms with Crippen molar-refractivity contribution < 1.29 is 28.2 Å². The lowest BCUT2D eigenvalue weighted by molar-refractivity contribution is -0.137. The van der Waals surface area contributed by atoms with Crippen LogP contribution in [-0.2, 0) is 24.1 Å². The van der Waals surface area contributed by atoms with E-state index in [1.165, 1.54) is 10.6 Å². The fraction of sp³-hybridized carbons (Fsp3) is 0.318. The van der Waals surface area contributed by atoms with Crippen molar-refractivity contribution in [3.05, 3.63) is 69.6 Å². The third-order valence-electron chi connectivity index (χ3n) is 4.97. The number of aryl methyl sites for hydroxylation is 1. The zero-order valence-electron chi connectivity index (χ0n) is 17.7. The van der Waals surface area contributed by atoms with Gasteiger partial charge in [-0.3, -0.25) is 9.59 Å². The van der Waals surface area contributed by atoms with Gasteiger partial charge in [0.05, 0.1) is 23.2 Å². The Hall–Kier alpha value is -3.44. The number of aliphatic hydroxyl groups excluding tert-OH is 2. The van der Waals surface area contributed by atoms with Crippen LogP contribution in [0.4, 0.5) is 18.9 Å². The number of anilines is 1. The maximum atomic E-state index is 12.9. The molecule has 2 aromatic carbocycles. The maximum Gasteiger partial charge on any atom is 0.416 e. The highest BCUT2D eigenvalue weighted by Crippen LogP contribution is 2.29. The number of carbonyl (C=O) groups is 1. The van der Waals surface area contributed by atoms with Crippen LogP contribution in [0.15, 0.2) is 47.3 Å². The number of aromatic nitrogens is 2. The molecule has 8 nitrogen and oxygen atoms in total. The molecular formula is C22H23F3N4O4. The summed E-state index contributed by atoms with van der Waals surface area (Å²) in [7, 11) is 0. The van der Waals surface area contributed by atoms with Gasteiger partial charge in [0.2, 0.25) is 0 Å². The summed E-state index contributed by atoms with van der Waals surface area (Å²) in [5.74, 6) is -0.760. The quantitative estimate of drug-likeness (QED) is 0.404. The molecule has 0 radical (unpaired) electrons. The Kier molecular flexibility index (Phi) is 7.34. The van der Waals surface area contributed by atoms with E-state index in [1.807, 2.05) is 0 Å². The van der Waals surface area contributed by atoms with E-state index in [-0.39, 0.29) is 30.9 Å².